The predicted octanol–water partition coefficient (Wildman–Crippen LogP) is 6.74. The average molecular weight is 406 g/mol. The molecule has 32 heavy (non-hydrogen) atoms. The Kier molecular flexibility index (Phi) is 4.57. The summed E-state index contributed by atoms with van der Waals surface area (Å²) in [6.45, 7) is 7.13. The second kappa shape index (κ2) is 7.69. The third-order valence-electron chi connectivity index (χ3n) is 5.68. The van der Waals surface area contributed by atoms with Crippen LogP contribution >= 0.6 is 0 Å². The molecule has 0 bridgehead atoms. The average Bonchev–Trinajstić information content (AvgIpc) is 3.16. The maximum atomic E-state index is 9.37. The van der Waals surface area contributed by atoms with Gasteiger partial charge in [-0.3, -0.25) is 0 Å². The molecule has 0 aromatic heterocycles. The summed E-state index contributed by atoms with van der Waals surface area (Å²) in [6, 6.07) is 29.4. The van der Waals surface area contributed by atoms with Gasteiger partial charge in [0, 0.05) is 11.1 Å². The van der Waals surface area contributed by atoms with Gasteiger partial charge in [0.15, 0.2) is 5.69 Å². The van der Waals surface area contributed by atoms with Crippen LogP contribution in [0.2, 0.25) is 0 Å². The fourth-order valence-electron chi connectivity index (χ4n) is 4.09. The first-order chi connectivity index (χ1) is 15.7. The molecule has 146 valence electrons. The number of benzene rings is 4. The zero-order valence-electron chi connectivity index (χ0n) is 16.9. The van der Waals surface area contributed by atoms with Crippen LogP contribution in [-0.2, 0) is 0 Å². The van der Waals surface area contributed by atoms with E-state index in [1.165, 1.54) is 0 Å². The zero-order valence-corrected chi connectivity index (χ0v) is 16.9. The Morgan fingerprint density at radius 1 is 0.625 bits per heavy atom. The molecule has 0 spiro atoms. The van der Waals surface area contributed by atoms with E-state index in [9.17, 15) is 5.26 Å². The maximum Gasteiger partial charge on any atom is 0.206 e. The van der Waals surface area contributed by atoms with E-state index in [1.807, 2.05) is 30.5 Å². The Bertz CT molecular complexity index is 1410. The highest BCUT2D eigenvalue weighted by Gasteiger charge is 2.26. The molecule has 0 saturated heterocycles. The summed E-state index contributed by atoms with van der Waals surface area (Å²) in [5, 5.41) is 18.4. The van der Waals surface area contributed by atoms with Crippen molar-refractivity contribution >= 4 is 11.4 Å². The Labute approximate surface area is 185 Å². The van der Waals surface area contributed by atoms with Crippen LogP contribution in [0, 0.1) is 29.4 Å². The number of nitriles is 2. The summed E-state index contributed by atoms with van der Waals surface area (Å²) in [5.41, 5.74) is 9.82. The first-order valence-electron chi connectivity index (χ1n) is 9.96. The lowest BCUT2D eigenvalue weighted by Crippen LogP contribution is -1.98. The van der Waals surface area contributed by atoms with Crippen LogP contribution in [0.15, 0.2) is 89.9 Å². The van der Waals surface area contributed by atoms with Gasteiger partial charge in [0.05, 0.1) is 23.9 Å². The minimum atomic E-state index is 0.601. The fraction of sp³-hybridized carbons (Fsp3) is 0. The molecule has 0 atom stereocenters. The third-order valence-corrected chi connectivity index (χ3v) is 5.68. The third kappa shape index (κ3) is 3.12. The molecule has 0 radical (unpaired) electrons. The molecule has 0 saturated carbocycles. The van der Waals surface area contributed by atoms with Gasteiger partial charge in [0.1, 0.15) is 0 Å². The topological polar surface area (TPSA) is 64.3 Å². The Morgan fingerprint density at radius 2 is 1.12 bits per heavy atom. The van der Waals surface area contributed by atoms with Gasteiger partial charge in [0.2, 0.25) is 6.19 Å². The van der Waals surface area contributed by atoms with Gasteiger partial charge < -0.3 is 0 Å². The van der Waals surface area contributed by atoms with Crippen LogP contribution in [0.1, 0.15) is 16.7 Å². The van der Waals surface area contributed by atoms with Crippen molar-refractivity contribution in [2.45, 2.75) is 0 Å². The van der Waals surface area contributed by atoms with E-state index >= 15 is 0 Å². The standard InChI is InChI=1S/C28H14N4/c1-31-23-10-6-20(7-11-23)22-9-13-25-24-12-8-21(19-4-2-18(16-29)3-5-19)14-26(24)28(32-17-30)27(25)15-22/h2-15H/b32-28+. The van der Waals surface area contributed by atoms with Crippen molar-refractivity contribution in [2.75, 3.05) is 0 Å². The van der Waals surface area contributed by atoms with E-state index in [2.05, 4.69) is 52.3 Å². The molecule has 1 aliphatic carbocycles. The smallest absolute Gasteiger partial charge is 0.206 e. The molecular weight excluding hydrogens is 392 g/mol. The molecule has 0 aliphatic heterocycles. The lowest BCUT2D eigenvalue weighted by molar-refractivity contribution is 1.43. The number of rotatable bonds is 2. The van der Waals surface area contributed by atoms with Gasteiger partial charge in [-0.15, -0.1) is 0 Å². The summed E-state index contributed by atoms with van der Waals surface area (Å²) in [4.78, 5) is 7.62. The molecule has 1 aliphatic rings. The van der Waals surface area contributed by atoms with Crippen LogP contribution < -0.4 is 0 Å². The van der Waals surface area contributed by atoms with E-state index in [-0.39, 0.29) is 0 Å². The highest BCUT2D eigenvalue weighted by Crippen LogP contribution is 2.41. The lowest BCUT2D eigenvalue weighted by atomic mass is 9.98. The normalized spacial score (nSPS) is 12.3. The van der Waals surface area contributed by atoms with Crippen LogP contribution in [0.5, 0.6) is 0 Å². The summed E-state index contributed by atoms with van der Waals surface area (Å²) in [7, 11) is 0. The van der Waals surface area contributed by atoms with Gasteiger partial charge >= 0.3 is 0 Å². The predicted molar refractivity (Wildman–Crippen MR) is 125 cm³/mol. The minimum absolute atomic E-state index is 0.601. The fourth-order valence-corrected chi connectivity index (χ4v) is 4.09. The lowest BCUT2D eigenvalue weighted by Gasteiger charge is -2.06. The Balaban J connectivity index is 1.61. The monoisotopic (exact) mass is 406 g/mol. The highest BCUT2D eigenvalue weighted by molar-refractivity contribution is 6.25. The number of hydrogen-bond acceptors (Lipinski definition) is 3. The van der Waals surface area contributed by atoms with Gasteiger partial charge in [0.25, 0.3) is 0 Å². The molecular formula is C28H14N4. The molecule has 0 amide bonds. The van der Waals surface area contributed by atoms with Crippen LogP contribution in [0.3, 0.4) is 0 Å². The second-order valence-electron chi connectivity index (χ2n) is 7.43. The molecule has 4 aromatic carbocycles. The molecule has 4 heteroatoms. The number of hydrogen-bond donors (Lipinski definition) is 0. The molecule has 5 rings (SSSR count). The van der Waals surface area contributed by atoms with Crippen molar-refractivity contribution in [1.29, 1.82) is 10.5 Å². The van der Waals surface area contributed by atoms with E-state index in [1.54, 1.807) is 24.3 Å². The van der Waals surface area contributed by atoms with Gasteiger partial charge in [-0.1, -0.05) is 60.7 Å². The van der Waals surface area contributed by atoms with E-state index in [4.69, 9.17) is 11.8 Å². The second-order valence-corrected chi connectivity index (χ2v) is 7.43. The highest BCUT2D eigenvalue weighted by atomic mass is 14.7. The number of nitrogens with zero attached hydrogens (tertiary/aromatic N) is 4. The van der Waals surface area contributed by atoms with E-state index in [0.717, 1.165) is 44.5 Å². The Morgan fingerprint density at radius 3 is 1.59 bits per heavy atom. The summed E-state index contributed by atoms with van der Waals surface area (Å²) in [5.74, 6) is 0. The van der Waals surface area contributed by atoms with Crippen molar-refractivity contribution in [3.8, 4) is 45.6 Å². The van der Waals surface area contributed by atoms with Crippen molar-refractivity contribution < 1.29 is 0 Å². The molecule has 0 unspecified atom stereocenters. The van der Waals surface area contributed by atoms with Gasteiger partial charge in [-0.25, -0.2) is 4.85 Å². The summed E-state index contributed by atoms with van der Waals surface area (Å²) in [6.07, 6.45) is 1.96. The first-order valence-corrected chi connectivity index (χ1v) is 9.96. The SMILES string of the molecule is [C-]#[N+]c1ccc(-c2ccc3c(c2)/C(=N/C#N)c2cc(-c4ccc(C#N)cc4)ccc2-3)cc1. The summed E-state index contributed by atoms with van der Waals surface area (Å²) < 4.78 is 0. The van der Waals surface area contributed by atoms with Gasteiger partial charge in [-0.2, -0.15) is 15.5 Å². The summed E-state index contributed by atoms with van der Waals surface area (Å²) >= 11 is 0. The minimum Gasteiger partial charge on any atom is -0.238 e. The quantitative estimate of drug-likeness (QED) is 0.241. The molecule has 4 aromatic rings. The molecule has 0 N–H and O–H groups in total. The maximum absolute atomic E-state index is 9.37. The van der Waals surface area contributed by atoms with Crippen molar-refractivity contribution in [2.24, 2.45) is 4.99 Å². The van der Waals surface area contributed by atoms with Crippen LogP contribution in [0.25, 0.3) is 38.2 Å². The van der Waals surface area contributed by atoms with E-state index < -0.39 is 0 Å². The van der Waals surface area contributed by atoms with Crippen molar-refractivity contribution in [3.05, 3.63) is 113 Å². The van der Waals surface area contributed by atoms with Crippen LogP contribution in [0.4, 0.5) is 5.69 Å². The Hall–Kier alpha value is -4.98. The van der Waals surface area contributed by atoms with Crippen molar-refractivity contribution in [1.82, 2.24) is 0 Å². The van der Waals surface area contributed by atoms with E-state index in [0.29, 0.717) is 17.0 Å². The molecule has 0 heterocycles. The molecule has 0 fully saturated rings. The van der Waals surface area contributed by atoms with Gasteiger partial charge in [-0.05, 0) is 57.6 Å². The zero-order chi connectivity index (χ0) is 22.1. The van der Waals surface area contributed by atoms with Crippen LogP contribution in [-0.4, -0.2) is 5.71 Å². The largest absolute Gasteiger partial charge is 0.238 e. The number of fused-ring (bicyclic) bond motifs is 3. The first kappa shape index (κ1) is 19.0. The number of aliphatic imine (C=N–C) groups is 1. The molecule has 4 nitrogen and oxygen atoms in total. The van der Waals surface area contributed by atoms with Crippen molar-refractivity contribution in [3.63, 3.8) is 0 Å².